The Morgan fingerprint density at radius 3 is 2.30 bits per heavy atom. The lowest BCUT2D eigenvalue weighted by molar-refractivity contribution is 0.00578. The second-order valence-electron chi connectivity index (χ2n) is 7.93. The van der Waals surface area contributed by atoms with Gasteiger partial charge in [0.25, 0.3) is 0 Å². The highest BCUT2D eigenvalue weighted by Crippen LogP contribution is 2.39. The van der Waals surface area contributed by atoms with Crippen molar-refractivity contribution in [2.45, 2.75) is 64.7 Å². The fourth-order valence-electron chi connectivity index (χ4n) is 3.02. The van der Waals surface area contributed by atoms with Crippen LogP contribution in [-0.4, -0.2) is 33.3 Å². The van der Waals surface area contributed by atoms with Crippen molar-refractivity contribution in [3.05, 3.63) is 18.2 Å². The van der Waals surface area contributed by atoms with Gasteiger partial charge in [0.2, 0.25) is 0 Å². The summed E-state index contributed by atoms with van der Waals surface area (Å²) in [7, 11) is -0.351. The summed E-state index contributed by atoms with van der Waals surface area (Å²) in [5.41, 5.74) is 2.18. The molecule has 1 unspecified atom stereocenters. The van der Waals surface area contributed by atoms with E-state index < -0.39 is 0 Å². The molecule has 0 spiro atoms. The van der Waals surface area contributed by atoms with Crippen LogP contribution in [0.2, 0.25) is 0 Å². The highest BCUT2D eigenvalue weighted by molar-refractivity contribution is 6.62. The highest BCUT2D eigenvalue weighted by Gasteiger charge is 2.51. The van der Waals surface area contributed by atoms with E-state index in [4.69, 9.17) is 9.31 Å². The van der Waals surface area contributed by atoms with E-state index in [1.165, 1.54) is 12.8 Å². The molecule has 0 radical (unpaired) electrons. The summed E-state index contributed by atoms with van der Waals surface area (Å²) < 4.78 is 12.2. The van der Waals surface area contributed by atoms with Crippen molar-refractivity contribution in [1.29, 1.82) is 0 Å². The van der Waals surface area contributed by atoms with Crippen LogP contribution in [0.5, 0.6) is 0 Å². The number of hydrogen-bond donors (Lipinski definition) is 0. The van der Waals surface area contributed by atoms with E-state index in [0.29, 0.717) is 6.04 Å². The molecule has 0 N–H and O–H groups in total. The fourth-order valence-corrected chi connectivity index (χ4v) is 3.02. The maximum atomic E-state index is 6.12. The van der Waals surface area contributed by atoms with Gasteiger partial charge in [-0.1, -0.05) is 6.07 Å². The maximum Gasteiger partial charge on any atom is 0.494 e. The van der Waals surface area contributed by atoms with Crippen molar-refractivity contribution in [2.75, 3.05) is 0 Å². The maximum absolute atomic E-state index is 6.12. The molecule has 1 aromatic heterocycles. The van der Waals surface area contributed by atoms with Gasteiger partial charge in [-0.15, -0.1) is 0 Å². The van der Waals surface area contributed by atoms with Crippen molar-refractivity contribution in [1.82, 2.24) is 15.0 Å². The lowest BCUT2D eigenvalue weighted by atomic mass is 9.79. The van der Waals surface area contributed by atoms with Crippen LogP contribution in [-0.2, 0) is 9.31 Å². The molecule has 2 aromatic rings. The first-order valence-electron chi connectivity index (χ1n) is 8.49. The zero-order chi connectivity index (χ0) is 16.4. The van der Waals surface area contributed by atoms with E-state index in [2.05, 4.69) is 44.8 Å². The van der Waals surface area contributed by atoms with Gasteiger partial charge in [-0.3, -0.25) is 0 Å². The average Bonchev–Trinajstić information content (AvgIpc) is 3.18. The summed E-state index contributed by atoms with van der Waals surface area (Å²) >= 11 is 0. The Bertz CT molecular complexity index is 735. The van der Waals surface area contributed by atoms with E-state index in [0.717, 1.165) is 22.4 Å². The Hall–Kier alpha value is -1.40. The number of fused-ring (bicyclic) bond motifs is 1. The molecule has 1 atom stereocenters. The molecular formula is C17H24BN3O2. The van der Waals surface area contributed by atoms with Crippen LogP contribution >= 0.6 is 0 Å². The van der Waals surface area contributed by atoms with Gasteiger partial charge in [0.1, 0.15) is 11.0 Å². The SMILES string of the molecule is CC(C1CC1)n1nc2ccc(B3OC(C)(C)C(C)(C)O3)cc2n1. The van der Waals surface area contributed by atoms with Crippen molar-refractivity contribution in [3.8, 4) is 0 Å². The first-order valence-corrected chi connectivity index (χ1v) is 8.49. The largest absolute Gasteiger partial charge is 0.494 e. The molecule has 2 fully saturated rings. The molecule has 6 heteroatoms. The quantitative estimate of drug-likeness (QED) is 0.818. The minimum atomic E-state index is -0.351. The number of hydrogen-bond acceptors (Lipinski definition) is 4. The first-order chi connectivity index (χ1) is 10.8. The Labute approximate surface area is 137 Å². The van der Waals surface area contributed by atoms with Gasteiger partial charge in [0, 0.05) is 0 Å². The molecule has 0 bridgehead atoms. The van der Waals surface area contributed by atoms with Crippen molar-refractivity contribution in [3.63, 3.8) is 0 Å². The molecule has 122 valence electrons. The number of rotatable bonds is 3. The molecule has 23 heavy (non-hydrogen) atoms. The van der Waals surface area contributed by atoms with Gasteiger partial charge in [0.05, 0.1) is 17.2 Å². The Morgan fingerprint density at radius 2 is 1.70 bits per heavy atom. The van der Waals surface area contributed by atoms with Crippen molar-refractivity contribution >= 4 is 23.6 Å². The summed E-state index contributed by atoms with van der Waals surface area (Å²) in [5.74, 6) is 0.736. The lowest BCUT2D eigenvalue weighted by Crippen LogP contribution is -2.41. The zero-order valence-corrected chi connectivity index (χ0v) is 14.5. The van der Waals surface area contributed by atoms with Crippen LogP contribution in [0.3, 0.4) is 0 Å². The third-order valence-corrected chi connectivity index (χ3v) is 5.61. The lowest BCUT2D eigenvalue weighted by Gasteiger charge is -2.32. The summed E-state index contributed by atoms with van der Waals surface area (Å²) in [6.45, 7) is 10.5. The van der Waals surface area contributed by atoms with E-state index >= 15 is 0 Å². The smallest absolute Gasteiger partial charge is 0.399 e. The normalized spacial score (nSPS) is 24.3. The molecule has 1 saturated carbocycles. The van der Waals surface area contributed by atoms with Gasteiger partial charge < -0.3 is 9.31 Å². The highest BCUT2D eigenvalue weighted by atomic mass is 16.7. The minimum absolute atomic E-state index is 0.329. The number of nitrogens with zero attached hydrogens (tertiary/aromatic N) is 3. The molecule has 4 rings (SSSR count). The Morgan fingerprint density at radius 1 is 1.09 bits per heavy atom. The first kappa shape index (κ1) is 15.2. The molecular weight excluding hydrogens is 289 g/mol. The Kier molecular flexibility index (Phi) is 3.16. The zero-order valence-electron chi connectivity index (χ0n) is 14.5. The standard InChI is InChI=1S/C17H24BN3O2/c1-11(12-6-7-12)21-19-14-9-8-13(10-15(14)20-21)18-22-16(2,3)17(4,5)23-18/h8-12H,6-7H2,1-5H3. The van der Waals surface area contributed by atoms with Crippen LogP contribution in [0, 0.1) is 5.92 Å². The van der Waals surface area contributed by atoms with Crippen LogP contribution in [0.15, 0.2) is 18.2 Å². The van der Waals surface area contributed by atoms with E-state index in [9.17, 15) is 0 Å². The molecule has 0 amide bonds. The predicted molar refractivity (Wildman–Crippen MR) is 90.7 cm³/mol. The number of benzene rings is 1. The fraction of sp³-hybridized carbons (Fsp3) is 0.647. The van der Waals surface area contributed by atoms with Crippen molar-refractivity contribution < 1.29 is 9.31 Å². The minimum Gasteiger partial charge on any atom is -0.399 e. The van der Waals surface area contributed by atoms with Crippen LogP contribution < -0.4 is 5.46 Å². The monoisotopic (exact) mass is 313 g/mol. The van der Waals surface area contributed by atoms with Gasteiger partial charge in [-0.25, -0.2) is 0 Å². The van der Waals surface area contributed by atoms with Gasteiger partial charge in [-0.05, 0) is 71.0 Å². The molecule has 1 aromatic carbocycles. The van der Waals surface area contributed by atoms with E-state index in [1.807, 2.05) is 23.0 Å². The Balaban J connectivity index is 1.64. The van der Waals surface area contributed by atoms with E-state index in [1.54, 1.807) is 0 Å². The molecule has 1 saturated heterocycles. The molecule has 2 aliphatic rings. The van der Waals surface area contributed by atoms with Crippen LogP contribution in [0.1, 0.15) is 53.5 Å². The second kappa shape index (κ2) is 4.80. The summed E-state index contributed by atoms with van der Waals surface area (Å²) in [6, 6.07) is 6.47. The van der Waals surface area contributed by atoms with Crippen LogP contribution in [0.25, 0.3) is 11.0 Å². The number of aromatic nitrogens is 3. The molecule has 2 heterocycles. The molecule has 5 nitrogen and oxygen atoms in total. The summed E-state index contributed by atoms with van der Waals surface area (Å²) in [4.78, 5) is 1.87. The molecule has 1 aliphatic carbocycles. The topological polar surface area (TPSA) is 49.2 Å². The summed E-state index contributed by atoms with van der Waals surface area (Å²) in [5, 5.41) is 9.30. The molecule has 1 aliphatic heterocycles. The average molecular weight is 313 g/mol. The van der Waals surface area contributed by atoms with Crippen molar-refractivity contribution in [2.24, 2.45) is 5.92 Å². The van der Waals surface area contributed by atoms with Gasteiger partial charge in [-0.2, -0.15) is 15.0 Å². The third-order valence-electron chi connectivity index (χ3n) is 5.61. The van der Waals surface area contributed by atoms with Gasteiger partial charge in [0.15, 0.2) is 0 Å². The van der Waals surface area contributed by atoms with E-state index in [-0.39, 0.29) is 18.3 Å². The third kappa shape index (κ3) is 2.48. The second-order valence-corrected chi connectivity index (χ2v) is 7.93. The van der Waals surface area contributed by atoms with Gasteiger partial charge >= 0.3 is 7.12 Å². The predicted octanol–water partition coefficient (Wildman–Crippen LogP) is 2.70. The van der Waals surface area contributed by atoms with Crippen LogP contribution in [0.4, 0.5) is 0 Å². The summed E-state index contributed by atoms with van der Waals surface area (Å²) in [6.07, 6.45) is 2.58.